The van der Waals surface area contributed by atoms with E-state index in [0.717, 1.165) is 27.6 Å². The van der Waals surface area contributed by atoms with Crippen LogP contribution in [0.15, 0.2) is 111 Å². The number of ether oxygens (including phenoxy) is 1. The van der Waals surface area contributed by atoms with Gasteiger partial charge in [0.25, 0.3) is 0 Å². The Bertz CT molecular complexity index is 1760. The van der Waals surface area contributed by atoms with Crippen LogP contribution in [0.4, 0.5) is 5.69 Å². The van der Waals surface area contributed by atoms with Crippen molar-refractivity contribution < 1.29 is 22.4 Å². The molecule has 0 saturated carbocycles. The van der Waals surface area contributed by atoms with Crippen LogP contribution in [0.5, 0.6) is 0 Å². The van der Waals surface area contributed by atoms with Gasteiger partial charge in [0.2, 0.25) is 10.0 Å². The Balaban J connectivity index is 1.59. The van der Waals surface area contributed by atoms with E-state index in [2.05, 4.69) is 4.72 Å². The van der Waals surface area contributed by atoms with Gasteiger partial charge in [-0.15, -0.1) is 0 Å². The fourth-order valence-electron chi connectivity index (χ4n) is 4.44. The van der Waals surface area contributed by atoms with Gasteiger partial charge >= 0.3 is 5.97 Å². The number of nitrogens with one attached hydrogen (secondary N) is 1. The first-order chi connectivity index (χ1) is 19.0. The molecule has 3 aromatic carbocycles. The number of carbonyl (C=O) groups excluding carboxylic acids is 1. The van der Waals surface area contributed by atoms with Crippen molar-refractivity contribution in [3.63, 3.8) is 0 Å². The summed E-state index contributed by atoms with van der Waals surface area (Å²) >= 11 is 0. The van der Waals surface area contributed by atoms with Crippen LogP contribution in [0.25, 0.3) is 33.4 Å². The topological polar surface area (TPSA) is 98.0 Å². The van der Waals surface area contributed by atoms with Gasteiger partial charge in [0.05, 0.1) is 15.9 Å². The summed E-state index contributed by atoms with van der Waals surface area (Å²) in [4.78, 5) is 16.5. The monoisotopic (exact) mass is 540 g/mol. The Kier molecular flexibility index (Phi) is 7.86. The predicted molar refractivity (Wildman–Crippen MR) is 151 cm³/mol. The summed E-state index contributed by atoms with van der Waals surface area (Å²) in [5.41, 5.74) is 3.49. The average Bonchev–Trinajstić information content (AvgIpc) is 2.95. The highest BCUT2D eigenvalue weighted by molar-refractivity contribution is 7.89. The maximum absolute atomic E-state index is 13.4. The summed E-state index contributed by atoms with van der Waals surface area (Å²) in [6.07, 6.45) is 0.972. The number of hydrogen-bond acceptors (Lipinski definition) is 6. The van der Waals surface area contributed by atoms with Crippen LogP contribution in [0.2, 0.25) is 0 Å². The van der Waals surface area contributed by atoms with Gasteiger partial charge in [-0.1, -0.05) is 61.5 Å². The second-order valence-electron chi connectivity index (χ2n) is 8.97. The average molecular weight is 541 g/mol. The van der Waals surface area contributed by atoms with E-state index in [1.807, 2.05) is 85.8 Å². The molecule has 2 aliphatic rings. The van der Waals surface area contributed by atoms with E-state index in [1.54, 1.807) is 18.2 Å². The molecule has 0 fully saturated rings. The van der Waals surface area contributed by atoms with E-state index < -0.39 is 10.0 Å². The number of benzene rings is 4. The van der Waals surface area contributed by atoms with E-state index in [-0.39, 0.29) is 24.0 Å². The number of esters is 1. The second kappa shape index (κ2) is 11.6. The SMILES string of the molecule is CCCC(=O)OCCNS(=O)(=O)c1ccccc1-c1c2ccc(=Nc3ccccc3)cc-2oc2ccccc12. The standard InChI is InChI=1S/C31H28N2O5S/c1-2-10-30(34)37-20-19-32-39(35,36)29-16-9-7-14-26(29)31-24-13-6-8-15-27(24)38-28-21-23(17-18-25(28)31)33-22-11-4-3-5-12-22/h3-9,11-18,21,32H,2,10,19-20H2,1H3. The molecule has 0 spiro atoms. The van der Waals surface area contributed by atoms with Crippen molar-refractivity contribution in [2.45, 2.75) is 24.7 Å². The van der Waals surface area contributed by atoms with Crippen molar-refractivity contribution in [1.29, 1.82) is 0 Å². The maximum atomic E-state index is 13.4. The molecule has 0 amide bonds. The molecule has 8 heteroatoms. The number of fused-ring (bicyclic) bond motifs is 2. The lowest BCUT2D eigenvalue weighted by molar-refractivity contribution is -0.143. The molecule has 0 aromatic heterocycles. The molecule has 1 heterocycles. The fraction of sp³-hybridized carbons (Fsp3) is 0.161. The van der Waals surface area contributed by atoms with Gasteiger partial charge in [-0.3, -0.25) is 4.79 Å². The molecule has 3 aromatic rings. The predicted octanol–water partition coefficient (Wildman–Crippen LogP) is 6.06. The Morgan fingerprint density at radius 2 is 1.64 bits per heavy atom. The highest BCUT2D eigenvalue weighted by Gasteiger charge is 2.24. The van der Waals surface area contributed by atoms with Gasteiger partial charge in [-0.25, -0.2) is 18.1 Å². The smallest absolute Gasteiger partial charge is 0.305 e. The minimum atomic E-state index is -3.93. The van der Waals surface area contributed by atoms with Crippen molar-refractivity contribution in [3.05, 3.63) is 102 Å². The molecule has 0 radical (unpaired) electrons. The van der Waals surface area contributed by atoms with Crippen molar-refractivity contribution in [1.82, 2.24) is 4.72 Å². The molecule has 1 N–H and O–H groups in total. The first-order valence-corrected chi connectivity index (χ1v) is 14.2. The van der Waals surface area contributed by atoms with Gasteiger partial charge in [-0.05, 0) is 42.8 Å². The van der Waals surface area contributed by atoms with Crippen LogP contribution in [-0.4, -0.2) is 27.5 Å². The molecule has 1 aliphatic heterocycles. The van der Waals surface area contributed by atoms with Crippen molar-refractivity contribution in [2.75, 3.05) is 13.2 Å². The highest BCUT2D eigenvalue weighted by Crippen LogP contribution is 2.41. The molecule has 0 atom stereocenters. The summed E-state index contributed by atoms with van der Waals surface area (Å²) in [5.74, 6) is 0.241. The number of sulfonamides is 1. The van der Waals surface area contributed by atoms with Gasteiger partial charge in [0.1, 0.15) is 18.0 Å². The van der Waals surface area contributed by atoms with Crippen molar-refractivity contribution >= 4 is 32.6 Å². The molecule has 7 nitrogen and oxygen atoms in total. The zero-order valence-corrected chi connectivity index (χ0v) is 22.3. The Morgan fingerprint density at radius 1 is 0.897 bits per heavy atom. The summed E-state index contributed by atoms with van der Waals surface area (Å²) < 4.78 is 40.8. The zero-order chi connectivity index (χ0) is 27.2. The number of nitrogens with zero attached hydrogens (tertiary/aromatic N) is 1. The third kappa shape index (κ3) is 5.92. The summed E-state index contributed by atoms with van der Waals surface area (Å²) in [6, 6.07) is 29.7. The number of hydrogen-bond donors (Lipinski definition) is 1. The summed E-state index contributed by atoms with van der Waals surface area (Å²) in [6.45, 7) is 1.82. The van der Waals surface area contributed by atoms with E-state index >= 15 is 0 Å². The lowest BCUT2D eigenvalue weighted by Gasteiger charge is -2.18. The van der Waals surface area contributed by atoms with Gasteiger partial charge in [0.15, 0.2) is 0 Å². The van der Waals surface area contributed by atoms with Crippen LogP contribution in [0.1, 0.15) is 19.8 Å². The minimum absolute atomic E-state index is 0.0257. The highest BCUT2D eigenvalue weighted by atomic mass is 32.2. The van der Waals surface area contributed by atoms with Crippen LogP contribution >= 0.6 is 0 Å². The third-order valence-corrected chi connectivity index (χ3v) is 7.70. The Labute approximate surface area is 227 Å². The summed E-state index contributed by atoms with van der Waals surface area (Å²) in [7, 11) is -3.93. The first-order valence-electron chi connectivity index (χ1n) is 12.8. The molecule has 0 bridgehead atoms. The lowest BCUT2D eigenvalue weighted by atomic mass is 9.94. The van der Waals surface area contributed by atoms with E-state index in [4.69, 9.17) is 14.1 Å². The molecule has 0 unspecified atom stereocenters. The molecule has 198 valence electrons. The van der Waals surface area contributed by atoms with Crippen molar-refractivity contribution in [3.8, 4) is 22.5 Å². The number of rotatable bonds is 9. The number of carbonyl (C=O) groups is 1. The fourth-order valence-corrected chi connectivity index (χ4v) is 5.67. The maximum Gasteiger partial charge on any atom is 0.305 e. The lowest BCUT2D eigenvalue weighted by Crippen LogP contribution is -2.28. The minimum Gasteiger partial charge on any atom is -0.464 e. The molecule has 1 aliphatic carbocycles. The molecule has 0 saturated heterocycles. The van der Waals surface area contributed by atoms with Gasteiger partial charge < -0.3 is 9.15 Å². The second-order valence-corrected chi connectivity index (χ2v) is 10.7. The van der Waals surface area contributed by atoms with E-state index in [9.17, 15) is 13.2 Å². The normalized spacial score (nSPS) is 12.2. The van der Waals surface area contributed by atoms with Crippen LogP contribution in [0, 0.1) is 0 Å². The molecular weight excluding hydrogens is 512 g/mol. The number of para-hydroxylation sites is 2. The molecule has 39 heavy (non-hydrogen) atoms. The van der Waals surface area contributed by atoms with E-state index in [0.29, 0.717) is 29.7 Å². The van der Waals surface area contributed by atoms with Crippen LogP contribution < -0.4 is 10.1 Å². The third-order valence-electron chi connectivity index (χ3n) is 6.18. The molecular formula is C31H28N2O5S. The Hall–Kier alpha value is -4.27. The van der Waals surface area contributed by atoms with Gasteiger partial charge in [-0.2, -0.15) is 0 Å². The Morgan fingerprint density at radius 3 is 2.46 bits per heavy atom. The largest absolute Gasteiger partial charge is 0.464 e. The first kappa shape index (κ1) is 26.3. The molecule has 5 rings (SSSR count). The van der Waals surface area contributed by atoms with Crippen molar-refractivity contribution in [2.24, 2.45) is 4.99 Å². The zero-order valence-electron chi connectivity index (χ0n) is 21.5. The van der Waals surface area contributed by atoms with Crippen LogP contribution in [0.3, 0.4) is 0 Å². The van der Waals surface area contributed by atoms with Gasteiger partial charge in [0, 0.05) is 41.1 Å². The quantitative estimate of drug-likeness (QED) is 0.139. The van der Waals surface area contributed by atoms with Crippen LogP contribution in [-0.2, 0) is 19.6 Å². The van der Waals surface area contributed by atoms with E-state index in [1.165, 1.54) is 0 Å². The summed E-state index contributed by atoms with van der Waals surface area (Å²) in [5, 5.41) is 1.51.